The van der Waals surface area contributed by atoms with E-state index in [0.717, 1.165) is 38.2 Å². The SMILES string of the molecule is CSc1sc(C(=N)N)cc1-c1nc(-c2cccc(NC(=O)c3ccc(F)cc3F)c2)cs1. The summed E-state index contributed by atoms with van der Waals surface area (Å²) >= 11 is 4.50. The van der Waals surface area contributed by atoms with Crippen LogP contribution >= 0.6 is 34.4 Å². The highest BCUT2D eigenvalue weighted by atomic mass is 32.2. The molecule has 0 saturated heterocycles. The molecule has 4 aromatic rings. The van der Waals surface area contributed by atoms with Crippen molar-refractivity contribution in [3.63, 3.8) is 0 Å². The lowest BCUT2D eigenvalue weighted by Gasteiger charge is -2.07. The number of amidine groups is 1. The lowest BCUT2D eigenvalue weighted by Crippen LogP contribution is -2.13. The number of nitrogens with one attached hydrogen (secondary N) is 2. The first-order valence-corrected chi connectivity index (χ1v) is 12.1. The Morgan fingerprint density at radius 3 is 2.72 bits per heavy atom. The molecule has 4 rings (SSSR count). The van der Waals surface area contributed by atoms with Gasteiger partial charge in [0.25, 0.3) is 5.91 Å². The number of carbonyl (C=O) groups excluding carboxylic acids is 1. The summed E-state index contributed by atoms with van der Waals surface area (Å²) in [5, 5.41) is 13.0. The molecule has 0 aliphatic rings. The van der Waals surface area contributed by atoms with Crippen molar-refractivity contribution in [2.24, 2.45) is 5.73 Å². The van der Waals surface area contributed by atoms with Crippen LogP contribution in [0.1, 0.15) is 15.2 Å². The molecule has 0 saturated carbocycles. The Morgan fingerprint density at radius 2 is 2.00 bits per heavy atom. The number of thioether (sulfide) groups is 1. The number of benzene rings is 2. The van der Waals surface area contributed by atoms with Crippen molar-refractivity contribution in [1.82, 2.24) is 4.98 Å². The molecular weight excluding hydrogens is 470 g/mol. The molecule has 4 N–H and O–H groups in total. The summed E-state index contributed by atoms with van der Waals surface area (Å²) in [7, 11) is 0. The van der Waals surface area contributed by atoms with Crippen molar-refractivity contribution in [1.29, 1.82) is 5.41 Å². The highest BCUT2D eigenvalue weighted by Crippen LogP contribution is 2.40. The summed E-state index contributed by atoms with van der Waals surface area (Å²) < 4.78 is 28.0. The summed E-state index contributed by atoms with van der Waals surface area (Å²) in [6.45, 7) is 0. The maximum atomic E-state index is 13.9. The average Bonchev–Trinajstić information content (AvgIpc) is 3.41. The number of nitrogens with zero attached hydrogens (tertiary/aromatic N) is 1. The molecule has 0 unspecified atom stereocenters. The third-order valence-corrected chi connectivity index (χ3v) is 7.65. The Bertz CT molecular complexity index is 1330. The van der Waals surface area contributed by atoms with Crippen LogP contribution in [0.2, 0.25) is 0 Å². The average molecular weight is 487 g/mol. The van der Waals surface area contributed by atoms with Gasteiger partial charge in [-0.25, -0.2) is 13.8 Å². The zero-order valence-corrected chi connectivity index (χ0v) is 19.1. The normalized spacial score (nSPS) is 10.8. The molecule has 0 atom stereocenters. The molecular formula is C22H16F2N4OS3. The molecule has 0 spiro atoms. The van der Waals surface area contributed by atoms with Crippen LogP contribution in [0.3, 0.4) is 0 Å². The number of hydrogen-bond acceptors (Lipinski definition) is 6. The smallest absolute Gasteiger partial charge is 0.258 e. The van der Waals surface area contributed by atoms with Crippen molar-refractivity contribution in [3.8, 4) is 21.8 Å². The number of nitrogens with two attached hydrogens (primary N) is 1. The number of nitrogen functional groups attached to an aromatic ring is 1. The molecule has 32 heavy (non-hydrogen) atoms. The van der Waals surface area contributed by atoms with Gasteiger partial charge in [-0.2, -0.15) is 0 Å². The first-order chi connectivity index (χ1) is 15.4. The van der Waals surface area contributed by atoms with Gasteiger partial charge in [-0.1, -0.05) is 12.1 Å². The first kappa shape index (κ1) is 22.1. The minimum absolute atomic E-state index is 0.0226. The van der Waals surface area contributed by atoms with E-state index < -0.39 is 17.5 Å². The predicted octanol–water partition coefficient (Wildman–Crippen LogP) is 6.08. The molecule has 162 valence electrons. The minimum atomic E-state index is -0.923. The van der Waals surface area contributed by atoms with E-state index in [-0.39, 0.29) is 11.4 Å². The molecule has 0 aliphatic heterocycles. The molecule has 10 heteroatoms. The number of anilines is 1. The number of rotatable bonds is 6. The van der Waals surface area contributed by atoms with Crippen molar-refractivity contribution in [3.05, 3.63) is 76.0 Å². The highest BCUT2D eigenvalue weighted by molar-refractivity contribution is 8.00. The van der Waals surface area contributed by atoms with Gasteiger partial charge in [0.2, 0.25) is 0 Å². The summed E-state index contributed by atoms with van der Waals surface area (Å²) in [6, 6.07) is 11.7. The van der Waals surface area contributed by atoms with E-state index in [1.165, 1.54) is 22.7 Å². The fourth-order valence-electron chi connectivity index (χ4n) is 2.97. The molecule has 0 aliphatic carbocycles. The van der Waals surface area contributed by atoms with E-state index in [2.05, 4.69) is 5.32 Å². The van der Waals surface area contributed by atoms with Gasteiger partial charge in [0.15, 0.2) is 0 Å². The molecule has 0 radical (unpaired) electrons. The zero-order valence-electron chi connectivity index (χ0n) is 16.6. The van der Waals surface area contributed by atoms with E-state index in [1.807, 2.05) is 23.8 Å². The molecule has 2 heterocycles. The molecule has 2 aromatic heterocycles. The lowest BCUT2D eigenvalue weighted by atomic mass is 10.1. The monoisotopic (exact) mass is 486 g/mol. The number of hydrogen-bond donors (Lipinski definition) is 3. The van der Waals surface area contributed by atoms with E-state index in [4.69, 9.17) is 16.1 Å². The fourth-order valence-corrected chi connectivity index (χ4v) is 5.68. The first-order valence-electron chi connectivity index (χ1n) is 9.20. The van der Waals surface area contributed by atoms with Gasteiger partial charge < -0.3 is 11.1 Å². The topological polar surface area (TPSA) is 91.9 Å². The fraction of sp³-hybridized carbons (Fsp3) is 0.0455. The summed E-state index contributed by atoms with van der Waals surface area (Å²) in [4.78, 5) is 17.8. The van der Waals surface area contributed by atoms with Gasteiger partial charge in [-0.05, 0) is 36.6 Å². The third-order valence-electron chi connectivity index (χ3n) is 4.48. The molecule has 0 bridgehead atoms. The van der Waals surface area contributed by atoms with Crippen LogP contribution in [0.25, 0.3) is 21.8 Å². The quantitative estimate of drug-likeness (QED) is 0.175. The van der Waals surface area contributed by atoms with Crippen molar-refractivity contribution < 1.29 is 13.6 Å². The third kappa shape index (κ3) is 4.57. The second-order valence-corrected chi connectivity index (χ2v) is 9.61. The second-order valence-electron chi connectivity index (χ2n) is 6.63. The predicted molar refractivity (Wildman–Crippen MR) is 128 cm³/mol. The van der Waals surface area contributed by atoms with E-state index in [9.17, 15) is 13.6 Å². The Morgan fingerprint density at radius 1 is 1.19 bits per heavy atom. The maximum Gasteiger partial charge on any atom is 0.258 e. The molecule has 2 aromatic carbocycles. The lowest BCUT2D eigenvalue weighted by molar-refractivity contribution is 0.102. The molecule has 0 fully saturated rings. The zero-order chi connectivity index (χ0) is 22.8. The van der Waals surface area contributed by atoms with Crippen LogP contribution in [0.5, 0.6) is 0 Å². The number of thiazole rings is 1. The number of halogens is 2. The summed E-state index contributed by atoms with van der Waals surface area (Å²) in [5.74, 6) is -2.31. The minimum Gasteiger partial charge on any atom is -0.383 e. The summed E-state index contributed by atoms with van der Waals surface area (Å²) in [5.41, 5.74) is 8.28. The highest BCUT2D eigenvalue weighted by Gasteiger charge is 2.17. The number of thiophene rings is 1. The largest absolute Gasteiger partial charge is 0.383 e. The van der Waals surface area contributed by atoms with Crippen LogP contribution in [-0.4, -0.2) is 23.0 Å². The van der Waals surface area contributed by atoms with Crippen molar-refractivity contribution in [2.45, 2.75) is 4.21 Å². The van der Waals surface area contributed by atoms with Crippen molar-refractivity contribution >= 4 is 51.9 Å². The van der Waals surface area contributed by atoms with Crippen LogP contribution < -0.4 is 11.1 Å². The number of aromatic nitrogens is 1. The van der Waals surface area contributed by atoms with Gasteiger partial charge in [0.05, 0.1) is 20.3 Å². The second kappa shape index (κ2) is 9.19. The molecule has 5 nitrogen and oxygen atoms in total. The van der Waals surface area contributed by atoms with Crippen LogP contribution in [0.4, 0.5) is 14.5 Å². The van der Waals surface area contributed by atoms with Crippen LogP contribution in [0, 0.1) is 17.0 Å². The Kier molecular flexibility index (Phi) is 6.35. The van der Waals surface area contributed by atoms with Crippen LogP contribution in [0.15, 0.2) is 58.1 Å². The maximum absolute atomic E-state index is 13.9. The van der Waals surface area contributed by atoms with E-state index in [0.29, 0.717) is 16.6 Å². The Hall–Kier alpha value is -3.08. The van der Waals surface area contributed by atoms with E-state index >= 15 is 0 Å². The number of amides is 1. The Labute approximate surface area is 194 Å². The van der Waals surface area contributed by atoms with Gasteiger partial charge >= 0.3 is 0 Å². The van der Waals surface area contributed by atoms with E-state index in [1.54, 1.807) is 30.0 Å². The Balaban J connectivity index is 1.59. The van der Waals surface area contributed by atoms with Gasteiger partial charge in [0.1, 0.15) is 22.5 Å². The van der Waals surface area contributed by atoms with Crippen molar-refractivity contribution in [2.75, 3.05) is 11.6 Å². The van der Waals surface area contributed by atoms with Crippen LogP contribution in [-0.2, 0) is 0 Å². The summed E-state index contributed by atoms with van der Waals surface area (Å²) in [6.07, 6.45) is 1.96. The molecule has 1 amide bonds. The van der Waals surface area contributed by atoms with Gasteiger partial charge in [0, 0.05) is 28.3 Å². The standard InChI is InChI=1S/C22H16F2N4OS3/c1-30-22-15(9-18(32-22)19(25)26)21-28-17(10-31-21)11-3-2-4-13(7-11)27-20(29)14-6-5-12(23)8-16(14)24/h2-10H,1H3,(H3,25,26)(H,27,29). The van der Waals surface area contributed by atoms with Gasteiger partial charge in [-0.15, -0.1) is 34.4 Å². The van der Waals surface area contributed by atoms with Gasteiger partial charge in [-0.3, -0.25) is 10.2 Å². The number of carbonyl (C=O) groups is 1.